The van der Waals surface area contributed by atoms with Gasteiger partial charge in [-0.3, -0.25) is 9.59 Å². The lowest BCUT2D eigenvalue weighted by Crippen LogP contribution is -2.52. The Balaban J connectivity index is 0.000000146. The molecule has 0 bridgehead atoms. The van der Waals surface area contributed by atoms with Gasteiger partial charge < -0.3 is 10.2 Å². The summed E-state index contributed by atoms with van der Waals surface area (Å²) < 4.78 is 0. The van der Waals surface area contributed by atoms with Crippen LogP contribution in [0.1, 0.15) is 230 Å². The van der Waals surface area contributed by atoms with E-state index in [2.05, 4.69) is 126 Å². The molecule has 0 heterocycles. The van der Waals surface area contributed by atoms with Crippen molar-refractivity contribution >= 4 is 11.6 Å². The second-order valence-electron chi connectivity index (χ2n) is 25.5. The molecule has 0 radical (unpaired) electrons. The monoisotopic (exact) mass is 1030 g/mol. The largest absolute Gasteiger partial charge is 0.377 e. The van der Waals surface area contributed by atoms with E-state index in [1.54, 1.807) is 0 Å². The van der Waals surface area contributed by atoms with Gasteiger partial charge in [-0.1, -0.05) is 126 Å². The molecule has 0 spiro atoms. The fraction of sp³-hybridized carbons (Fsp3) is 0.694. The zero-order valence-corrected chi connectivity index (χ0v) is 49.1. The van der Waals surface area contributed by atoms with Gasteiger partial charge in [0.15, 0.2) is 11.6 Å². The van der Waals surface area contributed by atoms with Crippen molar-refractivity contribution in [2.75, 3.05) is 0 Å². The van der Waals surface area contributed by atoms with Gasteiger partial charge in [0, 0.05) is 59.7 Å². The average molecular weight is 1030 g/mol. The fourth-order valence-electron chi connectivity index (χ4n) is 16.7. The van der Waals surface area contributed by atoms with Crippen LogP contribution < -0.4 is 0 Å². The smallest absolute Gasteiger partial charge is 0.155 e. The standard InChI is InChI=1S/C21H28O2.C21H26O.C10H16O.2C10H14/c1-3-10-21(23)12-9-19-18-6-4-14-13-15(22)5-7-16(14)17(18)8-11-20(19,21)2;1-3-4-15-6-10-20-19-8-5-14-13-16(22)7-9-17(14)18(19)11-12-21(15,20)2;1-3-4-7-10(11)8-5-6-9(10)2;2*1-3-4-7-10-8-5-6-9(10)2/h13,16-19,23H,4-9,11-12H2,1-2H3;6,13,17-20H,5,7-12H2,1-2H3;9,11H,3,5-6,8H2,1-2H3;2*8-9H,3,5-6H2,1-2H3/t16-,17?,18?,19?,20-,21-;17-,18?,19?,20?,21+;9-,10+;2*9-/m00111/s1. The number of ketones is 2. The highest BCUT2D eigenvalue weighted by atomic mass is 16.3. The SMILES string of the molecule is CC#CC1=CCC2C3CCC4=CC(=O)CC[C@@H]4C3CC[C@]12C.CC#C[C@]1(O)CCC2C3CCC4=CC(=O)CC[C@@H]4C3CC[C@@]21C.CCC#CC1=CCC[C@H]1C.CCC#CC1=CCC[C@H]1C.CCC#C[C@]1(O)CCC[C@H]1C. The second-order valence-corrected chi connectivity index (χ2v) is 25.5. The molecule has 15 atom stereocenters. The fourth-order valence-corrected chi connectivity index (χ4v) is 16.7. The van der Waals surface area contributed by atoms with Gasteiger partial charge >= 0.3 is 0 Å². The summed E-state index contributed by atoms with van der Waals surface area (Å²) in [6.07, 6.45) is 38.4. The van der Waals surface area contributed by atoms with E-state index < -0.39 is 11.2 Å². The van der Waals surface area contributed by atoms with Crippen LogP contribution >= 0.6 is 0 Å². The van der Waals surface area contributed by atoms with Crippen LogP contribution in [-0.2, 0) is 9.59 Å². The van der Waals surface area contributed by atoms with Crippen LogP contribution in [0, 0.1) is 135 Å². The van der Waals surface area contributed by atoms with Crippen LogP contribution in [0.2, 0.25) is 0 Å². The van der Waals surface area contributed by atoms with E-state index >= 15 is 0 Å². The topological polar surface area (TPSA) is 74.6 Å². The van der Waals surface area contributed by atoms with Crippen molar-refractivity contribution in [2.24, 2.45) is 75.9 Å². The Hall–Kier alpha value is -4.24. The summed E-state index contributed by atoms with van der Waals surface area (Å²) in [5.41, 5.74) is 5.92. The van der Waals surface area contributed by atoms with Gasteiger partial charge in [-0.05, 0) is 220 Å². The first-order valence-corrected chi connectivity index (χ1v) is 30.9. The molecule has 2 N–H and O–H groups in total. The number of carbonyl (C=O) groups is 2. The lowest BCUT2D eigenvalue weighted by atomic mass is 9.50. The second kappa shape index (κ2) is 26.6. The third kappa shape index (κ3) is 13.1. The van der Waals surface area contributed by atoms with Crippen molar-refractivity contribution in [2.45, 2.75) is 241 Å². The Bertz CT molecular complexity index is 2550. The highest BCUT2D eigenvalue weighted by molar-refractivity contribution is 5.91. The number of hydrogen-bond donors (Lipinski definition) is 2. The van der Waals surface area contributed by atoms with Crippen LogP contribution in [0.3, 0.4) is 0 Å². The van der Waals surface area contributed by atoms with Gasteiger partial charge in [-0.25, -0.2) is 0 Å². The first-order chi connectivity index (χ1) is 36.5. The molecule has 0 saturated heterocycles. The van der Waals surface area contributed by atoms with Crippen molar-refractivity contribution in [1.82, 2.24) is 0 Å². The quantitative estimate of drug-likeness (QED) is 0.237. The molecule has 0 amide bonds. The van der Waals surface area contributed by atoms with E-state index in [4.69, 9.17) is 0 Å². The number of carbonyl (C=O) groups excluding carboxylic acids is 2. The van der Waals surface area contributed by atoms with Gasteiger partial charge in [-0.2, -0.15) is 0 Å². The molecule has 4 nitrogen and oxygen atoms in total. The van der Waals surface area contributed by atoms with Gasteiger partial charge in [0.25, 0.3) is 0 Å². The minimum absolute atomic E-state index is 0.0388. The van der Waals surface area contributed by atoms with E-state index in [9.17, 15) is 19.8 Å². The summed E-state index contributed by atoms with van der Waals surface area (Å²) in [6.45, 7) is 21.3. The Morgan fingerprint density at radius 1 is 0.553 bits per heavy atom. The number of fused-ring (bicyclic) bond motifs is 10. The van der Waals surface area contributed by atoms with Crippen LogP contribution in [0.15, 0.2) is 58.2 Å². The number of allylic oxidation sites excluding steroid dienone is 9. The van der Waals surface area contributed by atoms with Crippen molar-refractivity contribution in [3.8, 4) is 59.2 Å². The lowest BCUT2D eigenvalue weighted by molar-refractivity contribution is -0.117. The lowest BCUT2D eigenvalue weighted by Gasteiger charge is -2.54. The zero-order valence-electron chi connectivity index (χ0n) is 49.1. The van der Waals surface area contributed by atoms with Crippen LogP contribution in [0.5, 0.6) is 0 Å². The maximum Gasteiger partial charge on any atom is 0.155 e. The molecule has 76 heavy (non-hydrogen) atoms. The average Bonchev–Trinajstić information content (AvgIpc) is 4.29. The van der Waals surface area contributed by atoms with E-state index in [1.165, 1.54) is 98.5 Å². The van der Waals surface area contributed by atoms with Crippen molar-refractivity contribution in [3.05, 3.63) is 58.2 Å². The summed E-state index contributed by atoms with van der Waals surface area (Å²) in [4.78, 5) is 23.5. The van der Waals surface area contributed by atoms with Gasteiger partial charge in [0.2, 0.25) is 0 Å². The summed E-state index contributed by atoms with van der Waals surface area (Å²) in [5, 5.41) is 21.1. The molecule has 0 aliphatic heterocycles. The van der Waals surface area contributed by atoms with E-state index in [0.717, 1.165) is 131 Å². The minimum atomic E-state index is -0.782. The summed E-state index contributed by atoms with van der Waals surface area (Å²) in [5.74, 6) is 39.6. The molecule has 6 unspecified atom stereocenters. The van der Waals surface area contributed by atoms with Crippen molar-refractivity contribution in [1.29, 1.82) is 0 Å². The molecule has 4 heteroatoms. The first kappa shape index (κ1) is 59.4. The molecular formula is C72H98O4. The number of hydrogen-bond acceptors (Lipinski definition) is 4. The van der Waals surface area contributed by atoms with Crippen LogP contribution in [0.4, 0.5) is 0 Å². The molecule has 410 valence electrons. The van der Waals surface area contributed by atoms with Crippen LogP contribution in [0.25, 0.3) is 0 Å². The Morgan fingerprint density at radius 3 is 1.59 bits per heavy atom. The highest BCUT2D eigenvalue weighted by Crippen LogP contribution is 2.65. The molecule has 6 saturated carbocycles. The highest BCUT2D eigenvalue weighted by Gasteiger charge is 2.62. The molecule has 0 aromatic carbocycles. The summed E-state index contributed by atoms with van der Waals surface area (Å²) in [6, 6.07) is 0. The maximum atomic E-state index is 11.7. The molecule has 11 aliphatic rings. The Labute approximate surface area is 463 Å². The van der Waals surface area contributed by atoms with E-state index in [1.807, 2.05) is 32.9 Å². The first-order valence-electron chi connectivity index (χ1n) is 30.9. The predicted molar refractivity (Wildman–Crippen MR) is 315 cm³/mol. The van der Waals surface area contributed by atoms with Gasteiger partial charge in [0.1, 0.15) is 11.2 Å². The zero-order chi connectivity index (χ0) is 54.7. The molecular weight excluding hydrogens is 929 g/mol. The van der Waals surface area contributed by atoms with Crippen molar-refractivity contribution < 1.29 is 19.8 Å². The van der Waals surface area contributed by atoms with Crippen LogP contribution in [-0.4, -0.2) is 33.0 Å². The number of rotatable bonds is 0. The predicted octanol–water partition coefficient (Wildman–Crippen LogP) is 16.0. The number of aliphatic hydroxyl groups is 2. The minimum Gasteiger partial charge on any atom is -0.377 e. The molecule has 6 fully saturated rings. The molecule has 0 aromatic rings. The summed E-state index contributed by atoms with van der Waals surface area (Å²) in [7, 11) is 0. The van der Waals surface area contributed by atoms with Gasteiger partial charge in [-0.15, -0.1) is 17.8 Å². The van der Waals surface area contributed by atoms with Crippen molar-refractivity contribution in [3.63, 3.8) is 0 Å². The molecule has 11 rings (SSSR count). The van der Waals surface area contributed by atoms with Gasteiger partial charge in [0.05, 0.1) is 0 Å². The maximum absolute atomic E-state index is 11.7. The normalized spacial score (nSPS) is 38.6. The molecule has 0 aromatic heterocycles. The van der Waals surface area contributed by atoms with E-state index in [-0.39, 0.29) is 5.41 Å². The third-order valence-corrected chi connectivity index (χ3v) is 21.2. The Kier molecular flexibility index (Phi) is 20.8. The summed E-state index contributed by atoms with van der Waals surface area (Å²) >= 11 is 0. The Morgan fingerprint density at radius 2 is 1.11 bits per heavy atom. The van der Waals surface area contributed by atoms with E-state index in [0.29, 0.717) is 40.7 Å². The third-order valence-electron chi connectivity index (χ3n) is 21.2. The molecule has 11 aliphatic carbocycles.